The molecule has 23 heavy (non-hydrogen) atoms. The van der Waals surface area contributed by atoms with Gasteiger partial charge in [-0.3, -0.25) is 10.2 Å². The van der Waals surface area contributed by atoms with E-state index >= 15 is 0 Å². The third-order valence-electron chi connectivity index (χ3n) is 4.65. The van der Waals surface area contributed by atoms with Gasteiger partial charge in [-0.2, -0.15) is 0 Å². The molecular formula is C16H23FN4O2. The second kappa shape index (κ2) is 7.35. The van der Waals surface area contributed by atoms with Gasteiger partial charge in [-0.1, -0.05) is 12.1 Å². The quantitative estimate of drug-likeness (QED) is 0.618. The molecule has 4 unspecified atom stereocenters. The molecule has 0 radical (unpaired) electrons. The van der Waals surface area contributed by atoms with Crippen LogP contribution in [0.15, 0.2) is 24.3 Å². The first-order chi connectivity index (χ1) is 11.2. The van der Waals surface area contributed by atoms with Crippen LogP contribution >= 0.6 is 0 Å². The highest BCUT2D eigenvalue weighted by molar-refractivity contribution is 5.82. The van der Waals surface area contributed by atoms with Crippen molar-refractivity contribution in [3.8, 4) is 0 Å². The lowest BCUT2D eigenvalue weighted by Gasteiger charge is -2.27. The van der Waals surface area contributed by atoms with Crippen LogP contribution in [-0.2, 0) is 9.53 Å². The molecule has 1 aromatic carbocycles. The topological polar surface area (TPSA) is 74.4 Å². The predicted molar refractivity (Wildman–Crippen MR) is 84.0 cm³/mol. The molecule has 2 aliphatic heterocycles. The van der Waals surface area contributed by atoms with Crippen LogP contribution in [0.4, 0.5) is 4.39 Å². The monoisotopic (exact) mass is 322 g/mol. The van der Waals surface area contributed by atoms with Crippen molar-refractivity contribution >= 4 is 5.91 Å². The van der Waals surface area contributed by atoms with Gasteiger partial charge < -0.3 is 15.4 Å². The average molecular weight is 322 g/mol. The van der Waals surface area contributed by atoms with Crippen LogP contribution in [0.2, 0.25) is 0 Å². The summed E-state index contributed by atoms with van der Waals surface area (Å²) < 4.78 is 18.4. The van der Waals surface area contributed by atoms with Crippen molar-refractivity contribution in [2.24, 2.45) is 5.92 Å². The summed E-state index contributed by atoms with van der Waals surface area (Å²) in [5.74, 6) is -0.0851. The molecule has 0 aliphatic carbocycles. The number of methoxy groups -OCH3 is 1. The highest BCUT2D eigenvalue weighted by Crippen LogP contribution is 2.21. The van der Waals surface area contributed by atoms with Crippen molar-refractivity contribution in [3.63, 3.8) is 0 Å². The van der Waals surface area contributed by atoms with Gasteiger partial charge in [-0.15, -0.1) is 0 Å². The van der Waals surface area contributed by atoms with Crippen LogP contribution < -0.4 is 21.5 Å². The third-order valence-corrected chi connectivity index (χ3v) is 4.65. The number of fused-ring (bicyclic) bond motifs is 1. The Hall–Kier alpha value is -1.54. The molecule has 6 nitrogen and oxygen atoms in total. The summed E-state index contributed by atoms with van der Waals surface area (Å²) >= 11 is 0. The summed E-state index contributed by atoms with van der Waals surface area (Å²) in [5, 5.41) is 6.26. The maximum absolute atomic E-state index is 13.0. The van der Waals surface area contributed by atoms with E-state index in [-0.39, 0.29) is 29.8 Å². The Kier molecular flexibility index (Phi) is 5.22. The number of amides is 1. The second-order valence-electron chi connectivity index (χ2n) is 6.05. The van der Waals surface area contributed by atoms with E-state index in [1.54, 1.807) is 19.2 Å². The van der Waals surface area contributed by atoms with Crippen molar-refractivity contribution in [3.05, 3.63) is 35.6 Å². The Morgan fingerprint density at radius 1 is 1.39 bits per heavy atom. The zero-order chi connectivity index (χ0) is 16.2. The fourth-order valence-electron chi connectivity index (χ4n) is 3.29. The zero-order valence-electron chi connectivity index (χ0n) is 13.1. The highest BCUT2D eigenvalue weighted by atomic mass is 19.1. The fraction of sp³-hybridized carbons (Fsp3) is 0.562. The first-order valence-corrected chi connectivity index (χ1v) is 7.97. The normalized spacial score (nSPS) is 28.2. The number of halogens is 1. The molecule has 2 heterocycles. The van der Waals surface area contributed by atoms with Crippen molar-refractivity contribution in [2.75, 3.05) is 26.7 Å². The average Bonchev–Trinajstić information content (AvgIpc) is 3.01. The molecule has 1 aromatic rings. The first kappa shape index (κ1) is 16.3. The Bertz CT molecular complexity index is 539. The molecule has 126 valence electrons. The van der Waals surface area contributed by atoms with Crippen LogP contribution in [0.1, 0.15) is 18.1 Å². The van der Waals surface area contributed by atoms with E-state index in [0.29, 0.717) is 12.6 Å². The molecule has 7 heteroatoms. The number of ether oxygens (including phenoxy) is 1. The lowest BCUT2D eigenvalue weighted by Crippen LogP contribution is -2.49. The minimum atomic E-state index is -0.297. The van der Waals surface area contributed by atoms with Gasteiger partial charge in [0, 0.05) is 32.2 Å². The minimum Gasteiger partial charge on any atom is -0.375 e. The summed E-state index contributed by atoms with van der Waals surface area (Å²) in [6, 6.07) is 6.22. The van der Waals surface area contributed by atoms with Crippen LogP contribution in [0.25, 0.3) is 0 Å². The van der Waals surface area contributed by atoms with Gasteiger partial charge in [0.2, 0.25) is 5.91 Å². The Morgan fingerprint density at radius 3 is 2.91 bits per heavy atom. The van der Waals surface area contributed by atoms with Gasteiger partial charge in [0.05, 0.1) is 6.10 Å². The molecule has 0 saturated carbocycles. The molecule has 4 atom stereocenters. The summed E-state index contributed by atoms with van der Waals surface area (Å²) in [4.78, 5) is 12.4. The number of carbonyl (C=O) groups excluding carboxylic acids is 1. The maximum Gasteiger partial charge on any atom is 0.238 e. The molecule has 0 bridgehead atoms. The third kappa shape index (κ3) is 3.69. The van der Waals surface area contributed by atoms with Gasteiger partial charge in [0.1, 0.15) is 11.9 Å². The maximum atomic E-state index is 13.0. The van der Waals surface area contributed by atoms with Crippen LogP contribution in [0, 0.1) is 11.7 Å². The zero-order valence-corrected chi connectivity index (χ0v) is 13.1. The highest BCUT2D eigenvalue weighted by Gasteiger charge is 2.41. The van der Waals surface area contributed by atoms with Gasteiger partial charge >= 0.3 is 0 Å². The van der Waals surface area contributed by atoms with E-state index in [1.807, 2.05) is 0 Å². The molecule has 0 spiro atoms. The standard InChI is InChI=1S/C16H23FN4O2/c1-23-14(10-2-4-11(17)5-3-10)9-19-16(22)15-12-8-18-7-6-13(12)20-21-15/h2-5,12-15,18,20-21H,6-9H2,1H3,(H,19,22). The Morgan fingerprint density at radius 2 is 2.17 bits per heavy atom. The van der Waals surface area contributed by atoms with Crippen molar-refractivity contribution < 1.29 is 13.9 Å². The SMILES string of the molecule is COC(CNC(=O)C1NNC2CCNCC21)c1ccc(F)cc1. The number of carbonyl (C=O) groups is 1. The molecular weight excluding hydrogens is 299 g/mol. The van der Waals surface area contributed by atoms with Crippen LogP contribution in [0.5, 0.6) is 0 Å². The van der Waals surface area contributed by atoms with Gasteiger partial charge in [0.15, 0.2) is 0 Å². The number of nitrogens with one attached hydrogen (secondary N) is 4. The summed E-state index contributed by atoms with van der Waals surface area (Å²) in [6.07, 6.45) is 0.715. The van der Waals surface area contributed by atoms with Crippen molar-refractivity contribution in [1.29, 1.82) is 0 Å². The molecule has 0 aromatic heterocycles. The summed E-state index contributed by atoms with van der Waals surface area (Å²) in [5.41, 5.74) is 7.14. The van der Waals surface area contributed by atoms with E-state index in [1.165, 1.54) is 12.1 Å². The Labute approximate surface area is 135 Å². The van der Waals surface area contributed by atoms with Crippen molar-refractivity contribution in [2.45, 2.75) is 24.6 Å². The van der Waals surface area contributed by atoms with E-state index < -0.39 is 0 Å². The number of benzene rings is 1. The van der Waals surface area contributed by atoms with E-state index in [9.17, 15) is 9.18 Å². The number of piperidine rings is 1. The van der Waals surface area contributed by atoms with E-state index in [2.05, 4.69) is 21.5 Å². The van der Waals surface area contributed by atoms with Gasteiger partial charge in [0.25, 0.3) is 0 Å². The lowest BCUT2D eigenvalue weighted by molar-refractivity contribution is -0.124. The van der Waals surface area contributed by atoms with Crippen LogP contribution in [0.3, 0.4) is 0 Å². The molecule has 1 amide bonds. The fourth-order valence-corrected chi connectivity index (χ4v) is 3.29. The number of hydrazine groups is 1. The van der Waals surface area contributed by atoms with Gasteiger partial charge in [-0.05, 0) is 30.7 Å². The molecule has 3 rings (SSSR count). The molecule has 4 N–H and O–H groups in total. The Balaban J connectivity index is 1.56. The minimum absolute atomic E-state index is 0.0436. The first-order valence-electron chi connectivity index (χ1n) is 7.97. The molecule has 2 saturated heterocycles. The van der Waals surface area contributed by atoms with Crippen molar-refractivity contribution in [1.82, 2.24) is 21.5 Å². The predicted octanol–water partition coefficient (Wildman–Crippen LogP) is 0.0839. The molecule has 2 fully saturated rings. The number of hydrogen-bond donors (Lipinski definition) is 4. The number of rotatable bonds is 5. The van der Waals surface area contributed by atoms with E-state index in [0.717, 1.165) is 25.1 Å². The second-order valence-corrected chi connectivity index (χ2v) is 6.05. The largest absolute Gasteiger partial charge is 0.375 e. The lowest BCUT2D eigenvalue weighted by atomic mass is 9.89. The van der Waals surface area contributed by atoms with Crippen LogP contribution in [-0.4, -0.2) is 44.7 Å². The van der Waals surface area contributed by atoms with Gasteiger partial charge in [-0.25, -0.2) is 9.82 Å². The summed E-state index contributed by atoms with van der Waals surface area (Å²) in [6.45, 7) is 2.15. The van der Waals surface area contributed by atoms with E-state index in [4.69, 9.17) is 4.74 Å². The summed E-state index contributed by atoms with van der Waals surface area (Å²) in [7, 11) is 1.58. The molecule has 2 aliphatic rings. The number of hydrogen-bond acceptors (Lipinski definition) is 5. The smallest absolute Gasteiger partial charge is 0.238 e.